The molecule has 3 amide bonds. The molecule has 22 heavy (non-hydrogen) atoms. The Bertz CT molecular complexity index is 670. The molecule has 1 heterocycles. The maximum absolute atomic E-state index is 12.0. The molecule has 1 unspecified atom stereocenters. The summed E-state index contributed by atoms with van der Waals surface area (Å²) in [4.78, 5) is 31.4. The smallest absolute Gasteiger partial charge is 0.325 e. The maximum atomic E-state index is 12.0. The van der Waals surface area contributed by atoms with Gasteiger partial charge in [-0.15, -0.1) is 0 Å². The molecular formula is C15H14BrN3O2S. The number of thioether (sulfide) groups is 1. The first-order valence-electron chi connectivity index (χ1n) is 7.00. The Kier molecular flexibility index (Phi) is 4.73. The van der Waals surface area contributed by atoms with Crippen LogP contribution in [-0.4, -0.2) is 28.4 Å². The van der Waals surface area contributed by atoms with E-state index in [1.165, 1.54) is 11.8 Å². The van der Waals surface area contributed by atoms with E-state index in [9.17, 15) is 9.59 Å². The number of fused-ring (bicyclic) bond motifs is 1. The van der Waals surface area contributed by atoms with Crippen LogP contribution in [0.3, 0.4) is 0 Å². The summed E-state index contributed by atoms with van der Waals surface area (Å²) >= 11 is 4.69. The van der Waals surface area contributed by atoms with Crippen molar-refractivity contribution >= 4 is 56.1 Å². The molecular weight excluding hydrogens is 366 g/mol. The summed E-state index contributed by atoms with van der Waals surface area (Å²) in [5.74, 6) is 0.277. The summed E-state index contributed by atoms with van der Waals surface area (Å²) in [5.41, 5.74) is 1.68. The third-order valence-corrected chi connectivity index (χ3v) is 5.16. The average Bonchev–Trinajstić information content (AvgIpc) is 2.95. The second-order valence-electron chi connectivity index (χ2n) is 5.12. The van der Waals surface area contributed by atoms with Crippen molar-refractivity contribution in [2.75, 3.05) is 11.1 Å². The van der Waals surface area contributed by atoms with Gasteiger partial charge >= 0.3 is 6.03 Å². The Morgan fingerprint density at radius 3 is 2.86 bits per heavy atom. The number of anilines is 1. The van der Waals surface area contributed by atoms with E-state index in [4.69, 9.17) is 0 Å². The predicted molar refractivity (Wildman–Crippen MR) is 92.8 cm³/mol. The third-order valence-electron chi connectivity index (χ3n) is 3.55. The van der Waals surface area contributed by atoms with Crippen LogP contribution in [0, 0.1) is 5.92 Å². The second-order valence-corrected chi connectivity index (χ2v) is 7.04. The zero-order chi connectivity index (χ0) is 15.5. The van der Waals surface area contributed by atoms with Crippen LogP contribution in [0.25, 0.3) is 0 Å². The van der Waals surface area contributed by atoms with Crippen LogP contribution in [-0.2, 0) is 4.79 Å². The fraction of sp³-hybridized carbons (Fsp3) is 0.333. The second kappa shape index (κ2) is 6.75. The van der Waals surface area contributed by atoms with E-state index < -0.39 is 6.03 Å². The average molecular weight is 380 g/mol. The van der Waals surface area contributed by atoms with Crippen LogP contribution in [0.1, 0.15) is 19.3 Å². The van der Waals surface area contributed by atoms with Crippen molar-refractivity contribution in [1.82, 2.24) is 0 Å². The van der Waals surface area contributed by atoms with Gasteiger partial charge in [0.2, 0.25) is 5.91 Å². The zero-order valence-electron chi connectivity index (χ0n) is 11.7. The van der Waals surface area contributed by atoms with Crippen LogP contribution in [0.5, 0.6) is 0 Å². The first kappa shape index (κ1) is 15.4. The summed E-state index contributed by atoms with van der Waals surface area (Å²) in [7, 11) is 0. The van der Waals surface area contributed by atoms with Crippen molar-refractivity contribution in [3.63, 3.8) is 0 Å². The highest BCUT2D eigenvalue weighted by Gasteiger charge is 2.32. The molecule has 0 spiro atoms. The molecule has 1 fully saturated rings. The molecule has 1 atom stereocenters. The van der Waals surface area contributed by atoms with E-state index in [0.29, 0.717) is 0 Å². The summed E-state index contributed by atoms with van der Waals surface area (Å²) in [6.45, 7) is 0. The lowest BCUT2D eigenvalue weighted by Crippen LogP contribution is -2.24. The topological polar surface area (TPSA) is 70.9 Å². The molecule has 114 valence electrons. The number of hydrogen-bond acceptors (Lipinski definition) is 3. The van der Waals surface area contributed by atoms with Gasteiger partial charge < -0.3 is 5.32 Å². The van der Waals surface area contributed by atoms with Gasteiger partial charge in [-0.05, 0) is 43.5 Å². The normalized spacial score (nSPS) is 20.2. The number of hydrogen-bond donors (Lipinski definition) is 1. The summed E-state index contributed by atoms with van der Waals surface area (Å²) in [5, 5.41) is 3.56. The highest BCUT2D eigenvalue weighted by atomic mass is 79.9. The number of urea groups is 1. The van der Waals surface area contributed by atoms with Crippen molar-refractivity contribution in [2.24, 2.45) is 15.9 Å². The lowest BCUT2D eigenvalue weighted by Gasteiger charge is -2.16. The minimum Gasteiger partial charge on any atom is -0.325 e. The largest absolute Gasteiger partial charge is 0.367 e. The van der Waals surface area contributed by atoms with E-state index in [1.807, 2.05) is 24.3 Å². The SMILES string of the molecule is O=C1N=C2CCCC2C(SCC(=O)Nc2ccc(Br)cc2)=N1. The van der Waals surface area contributed by atoms with E-state index in [1.54, 1.807) is 0 Å². The van der Waals surface area contributed by atoms with Crippen molar-refractivity contribution in [2.45, 2.75) is 19.3 Å². The molecule has 3 rings (SSSR count). The molecule has 1 aromatic carbocycles. The lowest BCUT2D eigenvalue weighted by molar-refractivity contribution is -0.113. The van der Waals surface area contributed by atoms with Gasteiger partial charge in [0, 0.05) is 21.8 Å². The zero-order valence-corrected chi connectivity index (χ0v) is 14.1. The number of aliphatic imine (C=N–C) groups is 2. The molecule has 0 aromatic heterocycles. The Balaban J connectivity index is 1.57. The van der Waals surface area contributed by atoms with E-state index in [-0.39, 0.29) is 17.6 Å². The van der Waals surface area contributed by atoms with Gasteiger partial charge in [-0.2, -0.15) is 4.99 Å². The fourth-order valence-corrected chi connectivity index (χ4v) is 3.76. The summed E-state index contributed by atoms with van der Waals surface area (Å²) < 4.78 is 0.961. The molecule has 0 bridgehead atoms. The first-order valence-corrected chi connectivity index (χ1v) is 8.78. The van der Waals surface area contributed by atoms with Crippen LogP contribution in [0.2, 0.25) is 0 Å². The van der Waals surface area contributed by atoms with E-state index in [0.717, 1.165) is 40.2 Å². The molecule has 1 aliphatic carbocycles. The first-order chi connectivity index (χ1) is 10.6. The Hall–Kier alpha value is -1.47. The van der Waals surface area contributed by atoms with Crippen LogP contribution >= 0.6 is 27.7 Å². The lowest BCUT2D eigenvalue weighted by atomic mass is 10.1. The van der Waals surface area contributed by atoms with Gasteiger partial charge in [0.15, 0.2) is 0 Å². The minimum atomic E-state index is -0.441. The maximum Gasteiger partial charge on any atom is 0.367 e. The monoisotopic (exact) mass is 379 g/mol. The predicted octanol–water partition coefficient (Wildman–Crippen LogP) is 3.89. The van der Waals surface area contributed by atoms with Gasteiger partial charge in [0.1, 0.15) is 0 Å². The Morgan fingerprint density at radius 2 is 2.09 bits per heavy atom. The minimum absolute atomic E-state index is 0.107. The number of rotatable bonds is 3. The van der Waals surface area contributed by atoms with Crippen LogP contribution in [0.15, 0.2) is 38.7 Å². The van der Waals surface area contributed by atoms with Crippen molar-refractivity contribution in [1.29, 1.82) is 0 Å². The van der Waals surface area contributed by atoms with E-state index >= 15 is 0 Å². The number of nitrogens with zero attached hydrogens (tertiary/aromatic N) is 2. The van der Waals surface area contributed by atoms with Crippen molar-refractivity contribution in [3.05, 3.63) is 28.7 Å². The Labute approximate surface area is 140 Å². The van der Waals surface area contributed by atoms with Crippen molar-refractivity contribution in [3.8, 4) is 0 Å². The molecule has 0 radical (unpaired) electrons. The van der Waals surface area contributed by atoms with Crippen LogP contribution < -0.4 is 5.32 Å². The number of nitrogens with one attached hydrogen (secondary N) is 1. The van der Waals surface area contributed by atoms with Gasteiger partial charge in [0.25, 0.3) is 0 Å². The molecule has 0 saturated heterocycles. The molecule has 2 aliphatic rings. The summed E-state index contributed by atoms with van der Waals surface area (Å²) in [6.07, 6.45) is 2.86. The third kappa shape index (κ3) is 3.64. The van der Waals surface area contributed by atoms with Gasteiger partial charge in [0.05, 0.1) is 10.8 Å². The van der Waals surface area contributed by atoms with Gasteiger partial charge in [-0.25, -0.2) is 9.79 Å². The Morgan fingerprint density at radius 1 is 1.32 bits per heavy atom. The molecule has 7 heteroatoms. The number of halogens is 1. The molecule has 1 N–H and O–H groups in total. The van der Waals surface area contributed by atoms with Gasteiger partial charge in [-0.1, -0.05) is 27.7 Å². The molecule has 1 aliphatic heterocycles. The number of carbonyl (C=O) groups is 2. The highest BCUT2D eigenvalue weighted by Crippen LogP contribution is 2.31. The van der Waals surface area contributed by atoms with Crippen LogP contribution in [0.4, 0.5) is 10.5 Å². The number of amides is 3. The molecule has 5 nitrogen and oxygen atoms in total. The number of carbonyl (C=O) groups excluding carboxylic acids is 2. The standard InChI is InChI=1S/C15H14BrN3O2S/c16-9-4-6-10(7-5-9)17-13(20)8-22-14-11-2-1-3-12(11)18-15(21)19-14/h4-7,11H,1-3,8H2,(H,17,20). The highest BCUT2D eigenvalue weighted by molar-refractivity contribution is 9.10. The summed E-state index contributed by atoms with van der Waals surface area (Å²) in [6, 6.07) is 6.96. The number of benzene rings is 1. The fourth-order valence-electron chi connectivity index (χ4n) is 2.55. The molecule has 1 saturated carbocycles. The van der Waals surface area contributed by atoms with Crippen molar-refractivity contribution < 1.29 is 9.59 Å². The quantitative estimate of drug-likeness (QED) is 0.865. The van der Waals surface area contributed by atoms with Gasteiger partial charge in [-0.3, -0.25) is 4.79 Å². The van der Waals surface area contributed by atoms with E-state index in [2.05, 4.69) is 31.2 Å². The molecule has 1 aromatic rings.